The number of hydrogen-bond donors (Lipinski definition) is 2. The second-order valence-electron chi connectivity index (χ2n) is 7.00. The van der Waals surface area contributed by atoms with Crippen molar-refractivity contribution in [2.75, 3.05) is 25.0 Å². The quantitative estimate of drug-likeness (QED) is 0.864. The zero-order valence-corrected chi connectivity index (χ0v) is 15.2. The number of nitrogens with zero attached hydrogens (tertiary/aromatic N) is 3. The summed E-state index contributed by atoms with van der Waals surface area (Å²) >= 11 is 0. The minimum Gasteiger partial charge on any atom is -0.365 e. The molecule has 0 aliphatic carbocycles. The number of carbonyl (C=O) groups excluding carboxylic acids is 1. The third-order valence-corrected chi connectivity index (χ3v) is 5.02. The Morgan fingerprint density at radius 3 is 2.92 bits per heavy atom. The molecule has 0 spiro atoms. The lowest BCUT2D eigenvalue weighted by Crippen LogP contribution is -2.31. The van der Waals surface area contributed by atoms with Crippen LogP contribution in [0, 0.1) is 0 Å². The average Bonchev–Trinajstić information content (AvgIpc) is 3.02. The standard InChI is InChI=1S/C20H25N5O/c1-2-10-25-13-15(11-18(25)26)22-20-16-8-9-21-12-17(16)23-19(24-20)14-6-4-3-5-7-14/h3-7,15,21H,2,8-13H2,1H3,(H,22,23,24)/t15-/m0/s1. The summed E-state index contributed by atoms with van der Waals surface area (Å²) in [6, 6.07) is 10.2. The van der Waals surface area contributed by atoms with Crippen molar-refractivity contribution in [3.05, 3.63) is 41.6 Å². The van der Waals surface area contributed by atoms with Gasteiger partial charge in [0, 0.05) is 37.2 Å². The summed E-state index contributed by atoms with van der Waals surface area (Å²) in [5, 5.41) is 6.95. The molecule has 6 heteroatoms. The highest BCUT2D eigenvalue weighted by molar-refractivity contribution is 5.80. The minimum atomic E-state index is 0.117. The molecule has 2 aliphatic heterocycles. The van der Waals surface area contributed by atoms with E-state index in [-0.39, 0.29) is 11.9 Å². The van der Waals surface area contributed by atoms with Gasteiger partial charge in [-0.1, -0.05) is 37.3 Å². The number of aromatic nitrogens is 2. The van der Waals surface area contributed by atoms with Crippen LogP contribution in [0.2, 0.25) is 0 Å². The van der Waals surface area contributed by atoms with Crippen LogP contribution in [0.3, 0.4) is 0 Å². The largest absolute Gasteiger partial charge is 0.365 e. The molecule has 0 radical (unpaired) electrons. The number of hydrogen-bond acceptors (Lipinski definition) is 5. The fraction of sp³-hybridized carbons (Fsp3) is 0.450. The van der Waals surface area contributed by atoms with E-state index in [1.54, 1.807) is 0 Å². The van der Waals surface area contributed by atoms with Gasteiger partial charge in [-0.2, -0.15) is 0 Å². The number of benzene rings is 1. The van der Waals surface area contributed by atoms with Crippen molar-refractivity contribution in [1.82, 2.24) is 20.2 Å². The van der Waals surface area contributed by atoms with Crippen LogP contribution in [-0.4, -0.2) is 46.5 Å². The van der Waals surface area contributed by atoms with Crippen LogP contribution in [0.25, 0.3) is 11.4 Å². The summed E-state index contributed by atoms with van der Waals surface area (Å²) in [5.74, 6) is 1.87. The van der Waals surface area contributed by atoms with Crippen LogP contribution in [0.4, 0.5) is 5.82 Å². The number of anilines is 1. The molecule has 26 heavy (non-hydrogen) atoms. The van der Waals surface area contributed by atoms with E-state index in [1.807, 2.05) is 35.2 Å². The first-order valence-corrected chi connectivity index (χ1v) is 9.45. The number of carbonyl (C=O) groups is 1. The second-order valence-corrected chi connectivity index (χ2v) is 7.00. The molecule has 0 saturated carbocycles. The SMILES string of the molecule is CCCN1C[C@@H](Nc2nc(-c3ccccc3)nc3c2CCNC3)CC1=O. The topological polar surface area (TPSA) is 70.2 Å². The van der Waals surface area contributed by atoms with Crippen LogP contribution in [0.1, 0.15) is 31.0 Å². The number of nitrogens with one attached hydrogen (secondary N) is 2. The van der Waals surface area contributed by atoms with E-state index in [9.17, 15) is 4.79 Å². The van der Waals surface area contributed by atoms with Gasteiger partial charge in [0.2, 0.25) is 5.91 Å². The average molecular weight is 351 g/mol. The van der Waals surface area contributed by atoms with Crippen LogP contribution >= 0.6 is 0 Å². The molecule has 1 atom stereocenters. The summed E-state index contributed by atoms with van der Waals surface area (Å²) in [6.45, 7) is 5.38. The van der Waals surface area contributed by atoms with Gasteiger partial charge in [-0.3, -0.25) is 4.79 Å². The molecule has 3 heterocycles. The summed E-state index contributed by atoms with van der Waals surface area (Å²) in [4.78, 5) is 23.8. The van der Waals surface area contributed by atoms with Gasteiger partial charge < -0.3 is 15.5 Å². The second kappa shape index (κ2) is 7.41. The van der Waals surface area contributed by atoms with Crippen molar-refractivity contribution in [3.63, 3.8) is 0 Å². The highest BCUT2D eigenvalue weighted by Crippen LogP contribution is 2.26. The molecule has 1 amide bonds. The molecule has 1 saturated heterocycles. The van der Waals surface area contributed by atoms with Gasteiger partial charge in [0.15, 0.2) is 5.82 Å². The molecule has 0 bridgehead atoms. The molecule has 4 rings (SSSR count). The highest BCUT2D eigenvalue weighted by atomic mass is 16.2. The van der Waals surface area contributed by atoms with Gasteiger partial charge in [-0.05, 0) is 19.4 Å². The van der Waals surface area contributed by atoms with Crippen molar-refractivity contribution >= 4 is 11.7 Å². The summed E-state index contributed by atoms with van der Waals surface area (Å²) in [6.07, 6.45) is 2.44. The van der Waals surface area contributed by atoms with Crippen molar-refractivity contribution in [3.8, 4) is 11.4 Å². The van der Waals surface area contributed by atoms with E-state index in [0.29, 0.717) is 6.42 Å². The van der Waals surface area contributed by atoms with E-state index in [4.69, 9.17) is 9.97 Å². The van der Waals surface area contributed by atoms with E-state index in [2.05, 4.69) is 17.6 Å². The van der Waals surface area contributed by atoms with Crippen LogP contribution in [0.5, 0.6) is 0 Å². The lowest BCUT2D eigenvalue weighted by Gasteiger charge is -2.23. The maximum Gasteiger partial charge on any atom is 0.224 e. The van der Waals surface area contributed by atoms with Crippen molar-refractivity contribution in [2.45, 2.75) is 38.8 Å². The third kappa shape index (κ3) is 3.42. The Hall–Kier alpha value is -2.47. The molecular weight excluding hydrogens is 326 g/mol. The van der Waals surface area contributed by atoms with E-state index in [1.165, 1.54) is 5.56 Å². The Bertz CT molecular complexity index is 792. The highest BCUT2D eigenvalue weighted by Gasteiger charge is 2.30. The predicted molar refractivity (Wildman–Crippen MR) is 102 cm³/mol. The molecule has 1 fully saturated rings. The molecule has 2 N–H and O–H groups in total. The normalized spacial score (nSPS) is 19.5. The number of amides is 1. The molecule has 1 aromatic carbocycles. The monoisotopic (exact) mass is 351 g/mol. The number of fused-ring (bicyclic) bond motifs is 1. The summed E-state index contributed by atoms with van der Waals surface area (Å²) in [5.41, 5.74) is 3.26. The fourth-order valence-corrected chi connectivity index (χ4v) is 3.74. The van der Waals surface area contributed by atoms with Gasteiger partial charge in [0.25, 0.3) is 0 Å². The first-order chi connectivity index (χ1) is 12.7. The van der Waals surface area contributed by atoms with Crippen molar-refractivity contribution in [1.29, 1.82) is 0 Å². The third-order valence-electron chi connectivity index (χ3n) is 5.02. The maximum absolute atomic E-state index is 12.2. The zero-order valence-electron chi connectivity index (χ0n) is 15.2. The molecule has 6 nitrogen and oxygen atoms in total. The van der Waals surface area contributed by atoms with E-state index < -0.39 is 0 Å². The van der Waals surface area contributed by atoms with Crippen LogP contribution in [-0.2, 0) is 17.8 Å². The Morgan fingerprint density at radius 1 is 1.27 bits per heavy atom. The van der Waals surface area contributed by atoms with E-state index in [0.717, 1.165) is 61.9 Å². The molecule has 1 aromatic heterocycles. The lowest BCUT2D eigenvalue weighted by atomic mass is 10.1. The predicted octanol–water partition coefficient (Wildman–Crippen LogP) is 2.21. The Kier molecular flexibility index (Phi) is 4.84. The van der Waals surface area contributed by atoms with Gasteiger partial charge in [-0.15, -0.1) is 0 Å². The number of likely N-dealkylation sites (tertiary alicyclic amines) is 1. The summed E-state index contributed by atoms with van der Waals surface area (Å²) < 4.78 is 0. The molecule has 0 unspecified atom stereocenters. The van der Waals surface area contributed by atoms with Gasteiger partial charge in [-0.25, -0.2) is 9.97 Å². The minimum absolute atomic E-state index is 0.117. The van der Waals surface area contributed by atoms with Crippen molar-refractivity contribution < 1.29 is 4.79 Å². The lowest BCUT2D eigenvalue weighted by molar-refractivity contribution is -0.127. The van der Waals surface area contributed by atoms with Crippen molar-refractivity contribution in [2.24, 2.45) is 0 Å². The Labute approximate surface area is 154 Å². The molecule has 2 aliphatic rings. The fourth-order valence-electron chi connectivity index (χ4n) is 3.74. The first kappa shape index (κ1) is 17.0. The smallest absolute Gasteiger partial charge is 0.224 e. The summed E-state index contributed by atoms with van der Waals surface area (Å²) in [7, 11) is 0. The van der Waals surface area contributed by atoms with E-state index >= 15 is 0 Å². The van der Waals surface area contributed by atoms with Crippen LogP contribution < -0.4 is 10.6 Å². The molecule has 136 valence electrons. The Balaban J connectivity index is 1.63. The van der Waals surface area contributed by atoms with Gasteiger partial charge in [0.1, 0.15) is 5.82 Å². The van der Waals surface area contributed by atoms with Gasteiger partial charge in [0.05, 0.1) is 11.7 Å². The Morgan fingerprint density at radius 2 is 2.12 bits per heavy atom. The van der Waals surface area contributed by atoms with Crippen LogP contribution in [0.15, 0.2) is 30.3 Å². The molecule has 2 aromatic rings. The van der Waals surface area contributed by atoms with Gasteiger partial charge >= 0.3 is 0 Å². The first-order valence-electron chi connectivity index (χ1n) is 9.45. The molecular formula is C20H25N5O. The maximum atomic E-state index is 12.2. The number of rotatable bonds is 5. The zero-order chi connectivity index (χ0) is 17.9.